The minimum absolute atomic E-state index is 0.191. The Labute approximate surface area is 167 Å². The highest BCUT2D eigenvalue weighted by Crippen LogP contribution is 2.14. The molecule has 0 saturated carbocycles. The van der Waals surface area contributed by atoms with Gasteiger partial charge in [0.1, 0.15) is 5.76 Å². The van der Waals surface area contributed by atoms with Crippen LogP contribution in [0.25, 0.3) is 10.9 Å². The van der Waals surface area contributed by atoms with Gasteiger partial charge in [0, 0.05) is 31.6 Å². The molecule has 0 aliphatic heterocycles. The standard InChI is InChI=1S/C22H20N4O3/c1-15-18(21(27)24-9-6-17-5-3-11-29-17)12-19-20(25-15)7-10-26(22(19)28)14-16-4-2-8-23-13-16/h2-5,7-8,10-13H,6,9,14H2,1H3,(H,24,27). The Hall–Kier alpha value is -3.74. The SMILES string of the molecule is Cc1nc2ccn(Cc3cccnc3)c(=O)c2cc1C(=O)NCCc1ccco1. The molecule has 0 bridgehead atoms. The maximum absolute atomic E-state index is 12.9. The number of nitrogens with one attached hydrogen (secondary N) is 1. The molecule has 0 atom stereocenters. The summed E-state index contributed by atoms with van der Waals surface area (Å²) < 4.78 is 6.86. The minimum Gasteiger partial charge on any atom is -0.469 e. The van der Waals surface area contributed by atoms with Crippen molar-refractivity contribution in [2.75, 3.05) is 6.54 Å². The van der Waals surface area contributed by atoms with Crippen LogP contribution in [0.1, 0.15) is 27.4 Å². The molecule has 146 valence electrons. The number of amides is 1. The highest BCUT2D eigenvalue weighted by atomic mass is 16.3. The molecule has 4 aromatic heterocycles. The van der Waals surface area contributed by atoms with Gasteiger partial charge >= 0.3 is 0 Å². The van der Waals surface area contributed by atoms with Gasteiger partial charge in [-0.05, 0) is 42.8 Å². The van der Waals surface area contributed by atoms with Crippen LogP contribution in [0.4, 0.5) is 0 Å². The van der Waals surface area contributed by atoms with E-state index in [1.54, 1.807) is 48.5 Å². The lowest BCUT2D eigenvalue weighted by atomic mass is 10.1. The summed E-state index contributed by atoms with van der Waals surface area (Å²) in [6.45, 7) is 2.60. The van der Waals surface area contributed by atoms with Crippen LogP contribution in [0, 0.1) is 6.92 Å². The van der Waals surface area contributed by atoms with Crippen LogP contribution in [0.5, 0.6) is 0 Å². The van der Waals surface area contributed by atoms with Crippen molar-refractivity contribution in [3.05, 3.63) is 94.2 Å². The molecule has 4 heterocycles. The molecule has 4 aromatic rings. The van der Waals surface area contributed by atoms with Crippen molar-refractivity contribution in [3.8, 4) is 0 Å². The van der Waals surface area contributed by atoms with Gasteiger partial charge in [-0.1, -0.05) is 6.07 Å². The third kappa shape index (κ3) is 4.08. The second kappa shape index (κ2) is 8.10. The number of aromatic nitrogens is 3. The van der Waals surface area contributed by atoms with Gasteiger partial charge in [-0.3, -0.25) is 19.6 Å². The first-order valence-electron chi connectivity index (χ1n) is 9.32. The fourth-order valence-electron chi connectivity index (χ4n) is 3.20. The zero-order valence-electron chi connectivity index (χ0n) is 16.0. The van der Waals surface area contributed by atoms with Crippen LogP contribution in [0.3, 0.4) is 0 Å². The number of furan rings is 1. The number of pyridine rings is 3. The van der Waals surface area contributed by atoms with Crippen molar-refractivity contribution in [2.24, 2.45) is 0 Å². The number of carbonyl (C=O) groups excluding carboxylic acids is 1. The smallest absolute Gasteiger partial charge is 0.260 e. The first kappa shape index (κ1) is 18.6. The average molecular weight is 388 g/mol. The maximum Gasteiger partial charge on any atom is 0.260 e. The molecule has 0 saturated heterocycles. The molecule has 0 aromatic carbocycles. The highest BCUT2D eigenvalue weighted by Gasteiger charge is 2.14. The third-order valence-corrected chi connectivity index (χ3v) is 4.70. The van der Waals surface area contributed by atoms with E-state index in [0.717, 1.165) is 11.3 Å². The number of hydrogen-bond acceptors (Lipinski definition) is 5. The Morgan fingerprint density at radius 1 is 1.24 bits per heavy atom. The quantitative estimate of drug-likeness (QED) is 0.548. The molecular weight excluding hydrogens is 368 g/mol. The highest BCUT2D eigenvalue weighted by molar-refractivity contribution is 5.98. The van der Waals surface area contributed by atoms with Gasteiger partial charge in [-0.25, -0.2) is 0 Å². The van der Waals surface area contributed by atoms with E-state index in [0.29, 0.717) is 41.7 Å². The molecule has 29 heavy (non-hydrogen) atoms. The fourth-order valence-corrected chi connectivity index (χ4v) is 3.20. The van der Waals surface area contributed by atoms with Crippen molar-refractivity contribution >= 4 is 16.8 Å². The number of carbonyl (C=O) groups is 1. The van der Waals surface area contributed by atoms with Crippen molar-refractivity contribution in [1.29, 1.82) is 0 Å². The molecule has 0 fully saturated rings. The molecular formula is C22H20N4O3. The van der Waals surface area contributed by atoms with Gasteiger partial charge in [-0.15, -0.1) is 0 Å². The van der Waals surface area contributed by atoms with E-state index in [4.69, 9.17) is 4.42 Å². The van der Waals surface area contributed by atoms with E-state index in [2.05, 4.69) is 15.3 Å². The fraction of sp³-hybridized carbons (Fsp3) is 0.182. The summed E-state index contributed by atoms with van der Waals surface area (Å²) in [4.78, 5) is 34.1. The van der Waals surface area contributed by atoms with Gasteiger partial charge in [0.05, 0.1) is 35.0 Å². The lowest BCUT2D eigenvalue weighted by Crippen LogP contribution is -2.27. The number of nitrogens with zero attached hydrogens (tertiary/aromatic N) is 3. The number of rotatable bonds is 6. The van der Waals surface area contributed by atoms with Crippen LogP contribution in [-0.2, 0) is 13.0 Å². The molecule has 7 nitrogen and oxygen atoms in total. The van der Waals surface area contributed by atoms with Gasteiger partial charge in [-0.2, -0.15) is 0 Å². The van der Waals surface area contributed by atoms with Gasteiger partial charge in [0.2, 0.25) is 0 Å². The van der Waals surface area contributed by atoms with Crippen LogP contribution in [0.2, 0.25) is 0 Å². The minimum atomic E-state index is -0.259. The lowest BCUT2D eigenvalue weighted by molar-refractivity contribution is 0.0953. The second-order valence-corrected chi connectivity index (χ2v) is 6.75. The van der Waals surface area contributed by atoms with Gasteiger partial charge < -0.3 is 14.3 Å². The summed E-state index contributed by atoms with van der Waals surface area (Å²) in [6.07, 6.45) is 7.33. The predicted octanol–water partition coefficient (Wildman–Crippen LogP) is 2.71. The molecule has 4 rings (SSSR count). The molecule has 7 heteroatoms. The van der Waals surface area contributed by atoms with E-state index in [1.165, 1.54) is 0 Å². The Kier molecular flexibility index (Phi) is 5.20. The Bertz CT molecular complexity index is 1200. The molecule has 0 radical (unpaired) electrons. The van der Waals surface area contributed by atoms with Crippen molar-refractivity contribution in [1.82, 2.24) is 19.9 Å². The number of fused-ring (bicyclic) bond motifs is 1. The van der Waals surface area contributed by atoms with Crippen LogP contribution < -0.4 is 10.9 Å². The van der Waals surface area contributed by atoms with Crippen LogP contribution in [-0.4, -0.2) is 27.0 Å². The Morgan fingerprint density at radius 2 is 2.14 bits per heavy atom. The normalized spacial score (nSPS) is 10.9. The molecule has 0 spiro atoms. The predicted molar refractivity (Wildman–Crippen MR) is 109 cm³/mol. The zero-order valence-corrected chi connectivity index (χ0v) is 16.0. The van der Waals surface area contributed by atoms with E-state index in [-0.39, 0.29) is 11.5 Å². The van der Waals surface area contributed by atoms with Gasteiger partial charge in [0.25, 0.3) is 11.5 Å². The second-order valence-electron chi connectivity index (χ2n) is 6.75. The third-order valence-electron chi connectivity index (χ3n) is 4.70. The van der Waals surface area contributed by atoms with E-state index in [9.17, 15) is 9.59 Å². The van der Waals surface area contributed by atoms with Crippen molar-refractivity contribution < 1.29 is 9.21 Å². The topological polar surface area (TPSA) is 90.0 Å². The summed E-state index contributed by atoms with van der Waals surface area (Å²) in [7, 11) is 0. The average Bonchev–Trinajstić information content (AvgIpc) is 3.24. The summed E-state index contributed by atoms with van der Waals surface area (Å²) in [5, 5.41) is 3.28. The molecule has 0 aliphatic rings. The summed E-state index contributed by atoms with van der Waals surface area (Å²) in [6, 6.07) is 10.8. The van der Waals surface area contributed by atoms with Gasteiger partial charge in [0.15, 0.2) is 0 Å². The first-order chi connectivity index (χ1) is 14.1. The zero-order chi connectivity index (χ0) is 20.2. The Morgan fingerprint density at radius 3 is 2.90 bits per heavy atom. The summed E-state index contributed by atoms with van der Waals surface area (Å²) in [5.74, 6) is 0.544. The van der Waals surface area contributed by atoms with Crippen LogP contribution >= 0.6 is 0 Å². The number of hydrogen-bond donors (Lipinski definition) is 1. The van der Waals surface area contributed by atoms with Crippen molar-refractivity contribution in [3.63, 3.8) is 0 Å². The van der Waals surface area contributed by atoms with E-state index < -0.39 is 0 Å². The van der Waals surface area contributed by atoms with Crippen molar-refractivity contribution in [2.45, 2.75) is 19.9 Å². The largest absolute Gasteiger partial charge is 0.469 e. The summed E-state index contributed by atoms with van der Waals surface area (Å²) >= 11 is 0. The Balaban J connectivity index is 1.59. The van der Waals surface area contributed by atoms with E-state index >= 15 is 0 Å². The van der Waals surface area contributed by atoms with Crippen LogP contribution in [0.15, 0.2) is 70.5 Å². The lowest BCUT2D eigenvalue weighted by Gasteiger charge is -2.10. The van der Waals surface area contributed by atoms with E-state index in [1.807, 2.05) is 24.3 Å². The molecule has 0 unspecified atom stereocenters. The summed E-state index contributed by atoms with van der Waals surface area (Å²) in [5.41, 5.74) is 2.28. The monoisotopic (exact) mass is 388 g/mol. The maximum atomic E-state index is 12.9. The number of aryl methyl sites for hydroxylation is 1. The first-order valence-corrected chi connectivity index (χ1v) is 9.32. The molecule has 1 N–H and O–H groups in total. The molecule has 0 aliphatic carbocycles. The molecule has 1 amide bonds.